The number of amides is 5. The van der Waals surface area contributed by atoms with Crippen LogP contribution in [0, 0.1) is 0 Å². The largest absolute Gasteiger partial charge is 0.325 e. The first-order valence-electron chi connectivity index (χ1n) is 9.84. The molecule has 0 aromatic heterocycles. The van der Waals surface area contributed by atoms with E-state index in [-0.39, 0.29) is 6.42 Å². The Kier molecular flexibility index (Phi) is 5.22. The lowest BCUT2D eigenvalue weighted by Gasteiger charge is -2.33. The zero-order valence-electron chi connectivity index (χ0n) is 16.3. The Hall–Kier alpha value is -3.68. The van der Waals surface area contributed by atoms with Gasteiger partial charge in [0.15, 0.2) is 0 Å². The van der Waals surface area contributed by atoms with Gasteiger partial charge in [-0.25, -0.2) is 4.79 Å². The van der Waals surface area contributed by atoms with Crippen molar-refractivity contribution in [2.24, 2.45) is 0 Å². The monoisotopic (exact) mass is 406 g/mol. The molecule has 8 nitrogen and oxygen atoms in total. The van der Waals surface area contributed by atoms with Crippen molar-refractivity contribution in [3.8, 4) is 0 Å². The summed E-state index contributed by atoms with van der Waals surface area (Å²) in [5.41, 5.74) is 6.07. The molecule has 1 spiro atoms. The number of carbonyl (C=O) groups is 4. The molecule has 5 amide bonds. The summed E-state index contributed by atoms with van der Waals surface area (Å²) in [6.45, 7) is -0.472. The molecule has 2 aromatic rings. The van der Waals surface area contributed by atoms with Crippen LogP contribution in [-0.4, -0.2) is 35.2 Å². The quantitative estimate of drug-likeness (QED) is 0.523. The molecule has 2 aromatic carbocycles. The highest BCUT2D eigenvalue weighted by Gasteiger charge is 2.54. The third kappa shape index (κ3) is 3.63. The number of aryl methyl sites for hydroxylation is 1. The maximum absolute atomic E-state index is 13.1. The fraction of sp³-hybridized carbons (Fsp3) is 0.273. The Labute approximate surface area is 173 Å². The first-order valence-corrected chi connectivity index (χ1v) is 9.84. The summed E-state index contributed by atoms with van der Waals surface area (Å²) < 4.78 is 0. The predicted octanol–water partition coefficient (Wildman–Crippen LogP) is 1.16. The van der Waals surface area contributed by atoms with Crippen LogP contribution in [0.3, 0.4) is 0 Å². The number of nitrogens with zero attached hydrogens (tertiary/aromatic N) is 1. The van der Waals surface area contributed by atoms with Crippen LogP contribution in [0.25, 0.3) is 0 Å². The van der Waals surface area contributed by atoms with E-state index in [2.05, 4.69) is 16.2 Å². The van der Waals surface area contributed by atoms with Gasteiger partial charge in [-0.3, -0.25) is 30.1 Å². The van der Waals surface area contributed by atoms with Crippen molar-refractivity contribution in [3.63, 3.8) is 0 Å². The van der Waals surface area contributed by atoms with Gasteiger partial charge in [-0.15, -0.1) is 0 Å². The average molecular weight is 406 g/mol. The number of nitrogens with one attached hydrogen (secondary N) is 3. The van der Waals surface area contributed by atoms with Crippen molar-refractivity contribution < 1.29 is 19.2 Å². The Morgan fingerprint density at radius 2 is 1.67 bits per heavy atom. The molecule has 3 N–H and O–H groups in total. The van der Waals surface area contributed by atoms with E-state index in [1.54, 1.807) is 12.1 Å². The number of hydrogen-bond donors (Lipinski definition) is 3. The number of rotatable bonds is 4. The summed E-state index contributed by atoms with van der Waals surface area (Å²) in [4.78, 5) is 50.8. The zero-order chi connectivity index (χ0) is 21.1. The van der Waals surface area contributed by atoms with Crippen molar-refractivity contribution >= 4 is 23.8 Å². The number of benzene rings is 2. The van der Waals surface area contributed by atoms with E-state index >= 15 is 0 Å². The van der Waals surface area contributed by atoms with Gasteiger partial charge < -0.3 is 5.32 Å². The lowest BCUT2D eigenvalue weighted by molar-refractivity contribution is -0.136. The van der Waals surface area contributed by atoms with Crippen LogP contribution in [0.5, 0.6) is 0 Å². The van der Waals surface area contributed by atoms with Gasteiger partial charge >= 0.3 is 6.03 Å². The van der Waals surface area contributed by atoms with Crippen LogP contribution in [-0.2, 0) is 32.8 Å². The van der Waals surface area contributed by atoms with Crippen molar-refractivity contribution in [2.45, 2.75) is 31.2 Å². The van der Waals surface area contributed by atoms with Crippen molar-refractivity contribution in [1.29, 1.82) is 0 Å². The third-order valence-electron chi connectivity index (χ3n) is 5.50. The van der Waals surface area contributed by atoms with Gasteiger partial charge in [0.2, 0.25) is 5.91 Å². The molecule has 1 atom stereocenters. The summed E-state index contributed by atoms with van der Waals surface area (Å²) in [7, 11) is 0. The highest BCUT2D eigenvalue weighted by molar-refractivity contribution is 6.09. The molecule has 1 aliphatic carbocycles. The second-order valence-corrected chi connectivity index (χ2v) is 7.50. The van der Waals surface area contributed by atoms with Gasteiger partial charge in [-0.1, -0.05) is 54.6 Å². The van der Waals surface area contributed by atoms with Crippen LogP contribution in [0.1, 0.15) is 29.5 Å². The number of hydrazine groups is 1. The molecule has 1 aliphatic heterocycles. The molecule has 154 valence electrons. The van der Waals surface area contributed by atoms with Crippen LogP contribution >= 0.6 is 0 Å². The molecule has 1 heterocycles. The van der Waals surface area contributed by atoms with Crippen LogP contribution in [0.15, 0.2) is 54.6 Å². The summed E-state index contributed by atoms with van der Waals surface area (Å²) in [6.07, 6.45) is 2.19. The lowest BCUT2D eigenvalue weighted by atomic mass is 9.76. The van der Waals surface area contributed by atoms with Crippen LogP contribution < -0.4 is 16.2 Å². The average Bonchev–Trinajstić information content (AvgIpc) is 2.98. The van der Waals surface area contributed by atoms with Crippen molar-refractivity contribution in [1.82, 2.24) is 21.1 Å². The van der Waals surface area contributed by atoms with Gasteiger partial charge in [0.05, 0.1) is 6.42 Å². The van der Waals surface area contributed by atoms with E-state index in [9.17, 15) is 19.2 Å². The molecule has 0 bridgehead atoms. The Bertz CT molecular complexity index is 1010. The number of urea groups is 1. The summed E-state index contributed by atoms with van der Waals surface area (Å²) >= 11 is 0. The topological polar surface area (TPSA) is 108 Å². The van der Waals surface area contributed by atoms with E-state index in [0.717, 1.165) is 34.4 Å². The number of fused-ring (bicyclic) bond motifs is 2. The zero-order valence-corrected chi connectivity index (χ0v) is 16.3. The maximum Gasteiger partial charge on any atom is 0.325 e. The fourth-order valence-electron chi connectivity index (χ4n) is 4.10. The minimum atomic E-state index is -1.12. The second kappa shape index (κ2) is 7.98. The lowest BCUT2D eigenvalue weighted by Crippen LogP contribution is -2.49. The molecule has 30 heavy (non-hydrogen) atoms. The van der Waals surface area contributed by atoms with Gasteiger partial charge in [-0.2, -0.15) is 0 Å². The van der Waals surface area contributed by atoms with E-state index in [1.165, 1.54) is 0 Å². The highest BCUT2D eigenvalue weighted by Crippen LogP contribution is 2.39. The van der Waals surface area contributed by atoms with E-state index in [4.69, 9.17) is 0 Å². The van der Waals surface area contributed by atoms with Gasteiger partial charge in [-0.05, 0) is 36.0 Å². The number of carbonyl (C=O) groups excluding carboxylic acids is 4. The van der Waals surface area contributed by atoms with Crippen LogP contribution in [0.4, 0.5) is 4.79 Å². The van der Waals surface area contributed by atoms with Gasteiger partial charge in [0, 0.05) is 0 Å². The molecular weight excluding hydrogens is 384 g/mol. The smallest absolute Gasteiger partial charge is 0.319 e. The van der Waals surface area contributed by atoms with Crippen molar-refractivity contribution in [3.05, 3.63) is 71.3 Å². The first kappa shape index (κ1) is 19.6. The highest BCUT2D eigenvalue weighted by atomic mass is 16.2. The molecule has 4 rings (SSSR count). The fourth-order valence-corrected chi connectivity index (χ4v) is 4.10. The molecular formula is C22H22N4O4. The summed E-state index contributed by atoms with van der Waals surface area (Å²) in [5.74, 6) is -1.49. The number of hydrogen-bond acceptors (Lipinski definition) is 4. The predicted molar refractivity (Wildman–Crippen MR) is 108 cm³/mol. The molecule has 1 saturated heterocycles. The Morgan fingerprint density at radius 1 is 0.967 bits per heavy atom. The van der Waals surface area contributed by atoms with Gasteiger partial charge in [0.1, 0.15) is 12.1 Å². The molecule has 2 aliphatic rings. The van der Waals surface area contributed by atoms with Crippen LogP contribution in [0.2, 0.25) is 0 Å². The Balaban J connectivity index is 1.38. The number of imide groups is 1. The summed E-state index contributed by atoms with van der Waals surface area (Å²) in [6, 6.07) is 16.0. The molecule has 1 fully saturated rings. The van der Waals surface area contributed by atoms with Gasteiger partial charge in [0.25, 0.3) is 11.8 Å². The second-order valence-electron chi connectivity index (χ2n) is 7.50. The third-order valence-corrected chi connectivity index (χ3v) is 5.50. The molecule has 0 radical (unpaired) electrons. The Morgan fingerprint density at radius 3 is 2.47 bits per heavy atom. The first-order chi connectivity index (χ1) is 14.5. The maximum atomic E-state index is 13.1. The van der Waals surface area contributed by atoms with Crippen molar-refractivity contribution in [2.75, 3.05) is 6.54 Å². The molecule has 0 unspecified atom stereocenters. The molecule has 0 saturated carbocycles. The normalized spacial score (nSPS) is 19.9. The molecule has 8 heteroatoms. The minimum Gasteiger partial charge on any atom is -0.319 e. The SMILES string of the molecule is O=C(Cc1ccccc1)NNC(=O)CN1C(=O)N[C@]2(CCCc3ccccc32)C1=O. The standard InChI is InChI=1S/C22H22N4O4/c27-18(13-15-7-2-1-3-8-15)24-25-19(28)14-26-20(29)22(23-21(26)30)12-6-10-16-9-4-5-11-17(16)22/h1-5,7-9,11H,6,10,12-14H2,(H,23,30)(H,24,27)(H,25,28)/t22-/m0/s1. The van der Waals surface area contributed by atoms with E-state index in [0.29, 0.717) is 6.42 Å². The minimum absolute atomic E-state index is 0.101. The van der Waals surface area contributed by atoms with E-state index < -0.39 is 35.8 Å². The van der Waals surface area contributed by atoms with E-state index in [1.807, 2.05) is 42.5 Å². The summed E-state index contributed by atoms with van der Waals surface area (Å²) in [5, 5.41) is 2.80.